The van der Waals surface area contributed by atoms with Crippen molar-refractivity contribution in [2.24, 2.45) is 0 Å². The van der Waals surface area contributed by atoms with Crippen LogP contribution in [-0.2, 0) is 20.3 Å². The zero-order valence-electron chi connectivity index (χ0n) is 10.7. The molecular formula is C13H22O4S. The van der Waals surface area contributed by atoms with Crippen LogP contribution in [0.3, 0.4) is 0 Å². The highest BCUT2D eigenvalue weighted by Gasteiger charge is 2.40. The first-order valence-electron chi connectivity index (χ1n) is 6.84. The first-order valence-corrected chi connectivity index (χ1v) is 8.22. The lowest BCUT2D eigenvalue weighted by Crippen LogP contribution is -2.45. The molecular weight excluding hydrogens is 252 g/mol. The number of aliphatic carboxylic acids is 1. The summed E-state index contributed by atoms with van der Waals surface area (Å²) >= 11 is 0. The molecule has 18 heavy (non-hydrogen) atoms. The molecule has 1 spiro atoms. The Labute approximate surface area is 111 Å². The molecule has 1 saturated carbocycles. The number of carboxylic acid groups (broad SMARTS) is 1. The minimum atomic E-state index is -1.02. The van der Waals surface area contributed by atoms with Gasteiger partial charge in [0.15, 0.2) is 0 Å². The van der Waals surface area contributed by atoms with E-state index in [-0.39, 0.29) is 23.0 Å². The monoisotopic (exact) mass is 274 g/mol. The molecule has 2 rings (SSSR count). The SMILES string of the molecule is O=C(O)CCS(=O)C1CCOC2(CCCCC2)C1. The van der Waals surface area contributed by atoms with E-state index in [9.17, 15) is 9.00 Å². The van der Waals surface area contributed by atoms with E-state index in [1.165, 1.54) is 19.3 Å². The number of hydrogen-bond acceptors (Lipinski definition) is 3. The summed E-state index contributed by atoms with van der Waals surface area (Å²) in [4.78, 5) is 10.5. The Hall–Kier alpha value is -0.420. The average molecular weight is 274 g/mol. The molecule has 0 aromatic carbocycles. The molecule has 104 valence electrons. The lowest BCUT2D eigenvalue weighted by molar-refractivity contribution is -0.136. The van der Waals surface area contributed by atoms with Gasteiger partial charge in [0.1, 0.15) is 0 Å². The molecule has 0 aromatic heterocycles. The molecule has 1 N–H and O–H groups in total. The van der Waals surface area contributed by atoms with Crippen LogP contribution in [0.4, 0.5) is 0 Å². The van der Waals surface area contributed by atoms with Gasteiger partial charge in [-0.3, -0.25) is 9.00 Å². The first kappa shape index (κ1) is 14.0. The summed E-state index contributed by atoms with van der Waals surface area (Å²) in [7, 11) is -1.02. The van der Waals surface area contributed by atoms with Crippen LogP contribution in [0.15, 0.2) is 0 Å². The molecule has 2 fully saturated rings. The Bertz CT molecular complexity index is 317. The second-order valence-corrected chi connectivity index (χ2v) is 7.27. The van der Waals surface area contributed by atoms with Gasteiger partial charge in [0, 0.05) is 28.4 Å². The van der Waals surface area contributed by atoms with Crippen molar-refractivity contribution in [1.82, 2.24) is 0 Å². The average Bonchev–Trinajstić information content (AvgIpc) is 2.37. The zero-order chi connectivity index (χ0) is 13.0. The molecule has 5 heteroatoms. The summed E-state index contributed by atoms with van der Waals surface area (Å²) in [5.74, 6) is -0.571. The highest BCUT2D eigenvalue weighted by Crippen LogP contribution is 2.39. The van der Waals surface area contributed by atoms with Crippen LogP contribution in [-0.4, -0.2) is 38.5 Å². The molecule has 0 radical (unpaired) electrons. The van der Waals surface area contributed by atoms with Gasteiger partial charge in [0.25, 0.3) is 0 Å². The quantitative estimate of drug-likeness (QED) is 0.852. The second-order valence-electron chi connectivity index (χ2n) is 5.44. The van der Waals surface area contributed by atoms with E-state index < -0.39 is 16.8 Å². The van der Waals surface area contributed by atoms with Crippen LogP contribution in [0.25, 0.3) is 0 Å². The Balaban J connectivity index is 1.89. The molecule has 2 unspecified atom stereocenters. The van der Waals surface area contributed by atoms with Crippen LogP contribution in [0.1, 0.15) is 51.4 Å². The van der Waals surface area contributed by atoms with Crippen molar-refractivity contribution in [3.05, 3.63) is 0 Å². The van der Waals surface area contributed by atoms with Crippen molar-refractivity contribution in [2.75, 3.05) is 12.4 Å². The number of rotatable bonds is 4. The van der Waals surface area contributed by atoms with Crippen molar-refractivity contribution in [2.45, 2.75) is 62.2 Å². The number of hydrogen-bond donors (Lipinski definition) is 1. The second kappa shape index (κ2) is 6.15. The van der Waals surface area contributed by atoms with E-state index >= 15 is 0 Å². The summed E-state index contributed by atoms with van der Waals surface area (Å²) in [5, 5.41) is 8.78. The molecule has 0 amide bonds. The maximum absolute atomic E-state index is 12.1. The fraction of sp³-hybridized carbons (Fsp3) is 0.923. The minimum Gasteiger partial charge on any atom is -0.481 e. The normalized spacial score (nSPS) is 29.0. The van der Waals surface area contributed by atoms with E-state index in [1.54, 1.807) is 0 Å². The van der Waals surface area contributed by atoms with Crippen molar-refractivity contribution in [3.8, 4) is 0 Å². The Morgan fingerprint density at radius 3 is 2.72 bits per heavy atom. The molecule has 2 aliphatic rings. The summed E-state index contributed by atoms with van der Waals surface area (Å²) in [6, 6.07) is 0. The van der Waals surface area contributed by atoms with Gasteiger partial charge in [-0.25, -0.2) is 0 Å². The standard InChI is InChI=1S/C13H22O4S/c14-12(15)5-9-18(16)11-4-8-17-13(10-11)6-2-1-3-7-13/h11H,1-10H2,(H,14,15). The number of ether oxygens (including phenoxy) is 1. The Morgan fingerprint density at radius 2 is 2.06 bits per heavy atom. The van der Waals surface area contributed by atoms with Crippen LogP contribution in [0.5, 0.6) is 0 Å². The molecule has 1 aliphatic heterocycles. The highest BCUT2D eigenvalue weighted by molar-refractivity contribution is 7.85. The number of carboxylic acids is 1. The molecule has 1 heterocycles. The lowest BCUT2D eigenvalue weighted by Gasteiger charge is -2.43. The first-order chi connectivity index (χ1) is 8.61. The maximum atomic E-state index is 12.1. The maximum Gasteiger partial charge on any atom is 0.304 e. The van der Waals surface area contributed by atoms with E-state index in [2.05, 4.69) is 0 Å². The van der Waals surface area contributed by atoms with Crippen molar-refractivity contribution in [1.29, 1.82) is 0 Å². The van der Waals surface area contributed by atoms with E-state index in [0.29, 0.717) is 6.61 Å². The van der Waals surface area contributed by atoms with Gasteiger partial charge in [0.05, 0.1) is 12.0 Å². The molecule has 2 atom stereocenters. The molecule has 4 nitrogen and oxygen atoms in total. The van der Waals surface area contributed by atoms with Gasteiger partial charge in [-0.2, -0.15) is 0 Å². The van der Waals surface area contributed by atoms with Crippen molar-refractivity contribution >= 4 is 16.8 Å². The van der Waals surface area contributed by atoms with Gasteiger partial charge < -0.3 is 9.84 Å². The van der Waals surface area contributed by atoms with Crippen LogP contribution in [0.2, 0.25) is 0 Å². The number of carbonyl (C=O) groups is 1. The Kier molecular flexibility index (Phi) is 4.78. The van der Waals surface area contributed by atoms with E-state index in [0.717, 1.165) is 25.7 Å². The van der Waals surface area contributed by atoms with Crippen LogP contribution < -0.4 is 0 Å². The minimum absolute atomic E-state index is 0.0109. The molecule has 0 aromatic rings. The van der Waals surface area contributed by atoms with Crippen LogP contribution in [0, 0.1) is 0 Å². The largest absolute Gasteiger partial charge is 0.481 e. The third kappa shape index (κ3) is 3.54. The third-order valence-corrected chi connectivity index (χ3v) is 5.85. The summed E-state index contributed by atoms with van der Waals surface area (Å²) < 4.78 is 18.1. The predicted molar refractivity (Wildman–Crippen MR) is 70.1 cm³/mol. The molecule has 1 saturated heterocycles. The summed E-state index contributed by atoms with van der Waals surface area (Å²) in [5.41, 5.74) is -0.0416. The van der Waals surface area contributed by atoms with Gasteiger partial charge in [-0.1, -0.05) is 19.3 Å². The van der Waals surface area contributed by atoms with Gasteiger partial charge in [-0.05, 0) is 25.7 Å². The topological polar surface area (TPSA) is 63.6 Å². The van der Waals surface area contributed by atoms with Gasteiger partial charge in [-0.15, -0.1) is 0 Å². The van der Waals surface area contributed by atoms with Crippen molar-refractivity contribution in [3.63, 3.8) is 0 Å². The molecule has 1 aliphatic carbocycles. The Morgan fingerprint density at radius 1 is 1.33 bits per heavy atom. The summed E-state index contributed by atoms with van der Waals surface area (Å²) in [6.07, 6.45) is 7.53. The van der Waals surface area contributed by atoms with Gasteiger partial charge in [0.2, 0.25) is 0 Å². The van der Waals surface area contributed by atoms with Crippen LogP contribution >= 0.6 is 0 Å². The highest BCUT2D eigenvalue weighted by atomic mass is 32.2. The zero-order valence-corrected chi connectivity index (χ0v) is 11.5. The van der Waals surface area contributed by atoms with Crippen molar-refractivity contribution < 1.29 is 18.8 Å². The fourth-order valence-electron chi connectivity index (χ4n) is 3.11. The van der Waals surface area contributed by atoms with Gasteiger partial charge >= 0.3 is 5.97 Å². The smallest absolute Gasteiger partial charge is 0.304 e. The van der Waals surface area contributed by atoms with E-state index in [1.807, 2.05) is 0 Å². The molecule has 0 bridgehead atoms. The predicted octanol–water partition coefficient (Wildman–Crippen LogP) is 2.09. The fourth-order valence-corrected chi connectivity index (χ4v) is 4.66. The van der Waals surface area contributed by atoms with E-state index in [4.69, 9.17) is 9.84 Å². The third-order valence-electron chi connectivity index (χ3n) is 4.10. The lowest BCUT2D eigenvalue weighted by atomic mass is 9.80. The summed E-state index contributed by atoms with van der Waals surface area (Å²) in [6.45, 7) is 0.684.